The summed E-state index contributed by atoms with van der Waals surface area (Å²) in [5.74, 6) is -1.67. The molecule has 2 aromatic heterocycles. The van der Waals surface area contributed by atoms with Crippen LogP contribution in [0.1, 0.15) is 64.3 Å². The number of hydrogen-bond acceptors (Lipinski definition) is 8. The Labute approximate surface area is 208 Å². The molecule has 0 saturated carbocycles. The van der Waals surface area contributed by atoms with Crippen LogP contribution in [0, 0.1) is 5.82 Å². The molecule has 7 unspecified atom stereocenters. The van der Waals surface area contributed by atoms with Crippen LogP contribution in [0.25, 0.3) is 11.0 Å². The van der Waals surface area contributed by atoms with Gasteiger partial charge in [0.25, 0.3) is 5.56 Å². The van der Waals surface area contributed by atoms with Gasteiger partial charge in [-0.25, -0.2) is 9.37 Å². The number of nitrogens with one attached hydrogen (secondary N) is 1. The summed E-state index contributed by atoms with van der Waals surface area (Å²) in [6.07, 6.45) is -11.2. The number of pyridine rings is 2. The molecule has 3 heterocycles. The third-order valence-corrected chi connectivity index (χ3v) is 8.97. The van der Waals surface area contributed by atoms with Crippen LogP contribution in [0.2, 0.25) is 0 Å². The normalized spacial score (nSPS) is 27.6. The molecule has 3 rings (SSSR count). The summed E-state index contributed by atoms with van der Waals surface area (Å²) >= 11 is 0. The molecule has 10 nitrogen and oxygen atoms in total. The summed E-state index contributed by atoms with van der Waals surface area (Å²) in [5, 5.41) is 29.2. The first-order valence-corrected chi connectivity index (χ1v) is 13.0. The standard InChI is InChI=1S/C22H29F4N2O8P/c1-5-20(3,36-37(33,34)21(4,32)6-2)9-13-14(29)15(30)16(35-13)11-7-10-8-12(23)17(22(24,25)26)27-18(10)28-19(11)31/h7-8,13-16,29-30,32H,5-6,9H2,1-4H3,(H,33,34)(H,27,28,31). The number of hydrogen-bond donors (Lipinski definition) is 5. The maximum Gasteiger partial charge on any atom is 0.436 e. The Morgan fingerprint density at radius 3 is 2.32 bits per heavy atom. The van der Waals surface area contributed by atoms with Crippen molar-refractivity contribution in [3.8, 4) is 0 Å². The van der Waals surface area contributed by atoms with Crippen LogP contribution in [-0.2, 0) is 20.0 Å². The van der Waals surface area contributed by atoms with Gasteiger partial charge in [-0.3, -0.25) is 9.36 Å². The Morgan fingerprint density at radius 2 is 1.78 bits per heavy atom. The van der Waals surface area contributed by atoms with E-state index in [0.29, 0.717) is 6.07 Å². The highest BCUT2D eigenvalue weighted by molar-refractivity contribution is 7.54. The summed E-state index contributed by atoms with van der Waals surface area (Å²) in [5.41, 5.74) is -5.05. The molecule has 0 amide bonds. The SMILES string of the molecule is CCC(C)(CC1OC(c2cc3cc(F)c(C(F)(F)F)nc3[nH]c2=O)C(O)C1O)OP(=O)(O)C(C)(O)CC. The molecule has 2 aromatic rings. The van der Waals surface area contributed by atoms with Gasteiger partial charge in [0.15, 0.2) is 16.9 Å². The second-order valence-electron chi connectivity index (χ2n) is 9.57. The van der Waals surface area contributed by atoms with Crippen molar-refractivity contribution >= 4 is 18.6 Å². The van der Waals surface area contributed by atoms with E-state index in [0.717, 1.165) is 13.0 Å². The summed E-state index contributed by atoms with van der Waals surface area (Å²) in [4.78, 5) is 28.2. The molecule has 1 aliphatic heterocycles. The first-order valence-electron chi connectivity index (χ1n) is 11.4. The minimum atomic E-state index is -5.09. The Balaban J connectivity index is 1.91. The van der Waals surface area contributed by atoms with Gasteiger partial charge in [0.1, 0.15) is 24.0 Å². The van der Waals surface area contributed by atoms with Crippen molar-refractivity contribution in [2.75, 3.05) is 0 Å². The monoisotopic (exact) mass is 556 g/mol. The number of aromatic nitrogens is 2. The van der Waals surface area contributed by atoms with E-state index in [1.54, 1.807) is 6.92 Å². The summed E-state index contributed by atoms with van der Waals surface area (Å²) in [6, 6.07) is 1.53. The molecular formula is C22H29F4N2O8P. The van der Waals surface area contributed by atoms with Crippen molar-refractivity contribution in [1.29, 1.82) is 0 Å². The molecule has 5 N–H and O–H groups in total. The zero-order valence-electron chi connectivity index (χ0n) is 20.4. The maximum atomic E-state index is 14.0. The fraction of sp³-hybridized carbons (Fsp3) is 0.636. The zero-order chi connectivity index (χ0) is 28.1. The summed E-state index contributed by atoms with van der Waals surface area (Å²) in [7, 11) is -4.58. The lowest BCUT2D eigenvalue weighted by Gasteiger charge is -2.37. The number of aliphatic hydroxyl groups excluding tert-OH is 2. The summed E-state index contributed by atoms with van der Waals surface area (Å²) in [6.45, 7) is 5.71. The van der Waals surface area contributed by atoms with Gasteiger partial charge in [-0.05, 0) is 38.8 Å². The minimum absolute atomic E-state index is 0.0887. The van der Waals surface area contributed by atoms with Gasteiger partial charge in [-0.2, -0.15) is 13.2 Å². The van der Waals surface area contributed by atoms with E-state index >= 15 is 0 Å². The predicted molar refractivity (Wildman–Crippen MR) is 122 cm³/mol. The molecule has 15 heteroatoms. The quantitative estimate of drug-likeness (QED) is 0.243. The average Bonchev–Trinajstić information content (AvgIpc) is 3.05. The number of rotatable bonds is 8. The molecular weight excluding hydrogens is 527 g/mol. The van der Waals surface area contributed by atoms with Gasteiger partial charge in [0.2, 0.25) is 0 Å². The molecule has 0 bridgehead atoms. The van der Waals surface area contributed by atoms with Crippen LogP contribution in [0.5, 0.6) is 0 Å². The molecule has 1 saturated heterocycles. The lowest BCUT2D eigenvalue weighted by atomic mass is 9.92. The molecule has 37 heavy (non-hydrogen) atoms. The van der Waals surface area contributed by atoms with Gasteiger partial charge in [0.05, 0.1) is 11.7 Å². The molecule has 1 aliphatic rings. The van der Waals surface area contributed by atoms with Gasteiger partial charge >= 0.3 is 13.8 Å². The number of alkyl halides is 3. The van der Waals surface area contributed by atoms with Gasteiger partial charge in [-0.15, -0.1) is 0 Å². The Bertz CT molecular complexity index is 1270. The van der Waals surface area contributed by atoms with Gasteiger partial charge in [0, 0.05) is 17.4 Å². The van der Waals surface area contributed by atoms with Crippen LogP contribution in [0.4, 0.5) is 17.6 Å². The number of nitrogens with zero attached hydrogens (tertiary/aromatic N) is 1. The van der Waals surface area contributed by atoms with Crippen molar-refractivity contribution in [2.45, 2.75) is 88.5 Å². The van der Waals surface area contributed by atoms with Crippen LogP contribution in [0.15, 0.2) is 16.9 Å². The third kappa shape index (κ3) is 5.75. The van der Waals surface area contributed by atoms with Gasteiger partial charge < -0.3 is 34.5 Å². The highest BCUT2D eigenvalue weighted by atomic mass is 31.2. The van der Waals surface area contributed by atoms with Crippen molar-refractivity contribution in [1.82, 2.24) is 9.97 Å². The largest absolute Gasteiger partial charge is 0.436 e. The second-order valence-corrected chi connectivity index (χ2v) is 11.8. The lowest BCUT2D eigenvalue weighted by Crippen LogP contribution is -2.40. The Hall–Kier alpha value is -1.93. The van der Waals surface area contributed by atoms with Crippen molar-refractivity contribution < 1.29 is 51.6 Å². The average molecular weight is 556 g/mol. The number of fused-ring (bicyclic) bond motifs is 1. The van der Waals surface area contributed by atoms with Crippen molar-refractivity contribution in [3.63, 3.8) is 0 Å². The van der Waals surface area contributed by atoms with E-state index in [1.807, 2.05) is 0 Å². The first kappa shape index (κ1) is 29.6. The fourth-order valence-corrected chi connectivity index (χ4v) is 5.38. The van der Waals surface area contributed by atoms with E-state index in [-0.39, 0.29) is 30.2 Å². The Morgan fingerprint density at radius 1 is 1.16 bits per heavy atom. The molecule has 0 aromatic carbocycles. The molecule has 208 valence electrons. The maximum absolute atomic E-state index is 14.0. The number of aromatic amines is 1. The van der Waals surface area contributed by atoms with Gasteiger partial charge in [-0.1, -0.05) is 13.8 Å². The number of halogens is 4. The first-order chi connectivity index (χ1) is 16.9. The second kappa shape index (κ2) is 9.99. The van der Waals surface area contributed by atoms with Crippen LogP contribution < -0.4 is 5.56 Å². The highest BCUT2D eigenvalue weighted by Gasteiger charge is 2.51. The zero-order valence-corrected chi connectivity index (χ0v) is 21.3. The van der Waals surface area contributed by atoms with Crippen molar-refractivity contribution in [3.05, 3.63) is 39.6 Å². The van der Waals surface area contributed by atoms with E-state index < -0.39 is 71.8 Å². The molecule has 7 atom stereocenters. The van der Waals surface area contributed by atoms with E-state index in [1.165, 1.54) is 13.8 Å². The van der Waals surface area contributed by atoms with Crippen LogP contribution >= 0.6 is 7.60 Å². The number of ether oxygens (including phenoxy) is 1. The predicted octanol–water partition coefficient (Wildman–Crippen LogP) is 3.12. The highest BCUT2D eigenvalue weighted by Crippen LogP contribution is 2.59. The lowest BCUT2D eigenvalue weighted by molar-refractivity contribution is -0.143. The Kier molecular flexibility index (Phi) is 8.00. The van der Waals surface area contributed by atoms with Crippen LogP contribution in [-0.4, -0.2) is 59.4 Å². The fourth-order valence-electron chi connectivity index (χ4n) is 3.98. The third-order valence-electron chi connectivity index (χ3n) is 6.75. The molecule has 0 spiro atoms. The number of H-pyrrole nitrogens is 1. The topological polar surface area (TPSA) is 162 Å². The van der Waals surface area contributed by atoms with E-state index in [9.17, 15) is 47.1 Å². The molecule has 0 radical (unpaired) electrons. The smallest absolute Gasteiger partial charge is 0.388 e. The van der Waals surface area contributed by atoms with Crippen molar-refractivity contribution in [2.24, 2.45) is 0 Å². The van der Waals surface area contributed by atoms with E-state index in [2.05, 4.69) is 9.97 Å². The molecule has 0 aliphatic carbocycles. The van der Waals surface area contributed by atoms with E-state index in [4.69, 9.17) is 9.26 Å². The molecule has 1 fully saturated rings. The van der Waals surface area contributed by atoms with Crippen LogP contribution in [0.3, 0.4) is 0 Å². The summed E-state index contributed by atoms with van der Waals surface area (Å²) < 4.78 is 76.7. The number of aliphatic hydroxyl groups is 3. The minimum Gasteiger partial charge on any atom is -0.388 e.